The summed E-state index contributed by atoms with van der Waals surface area (Å²) in [6.45, 7) is 12.1. The van der Waals surface area contributed by atoms with E-state index in [0.717, 1.165) is 22.5 Å². The molecule has 2 aliphatic heterocycles. The number of nitrogens with one attached hydrogen (secondary N) is 5. The highest BCUT2D eigenvalue weighted by molar-refractivity contribution is 7.13. The number of amides is 5. The molecule has 2 aromatic carbocycles. The summed E-state index contributed by atoms with van der Waals surface area (Å²) in [5.41, 5.74) is 0.805. The minimum absolute atomic E-state index is 0.0339. The summed E-state index contributed by atoms with van der Waals surface area (Å²) in [5.74, 6) is -2.26. The number of ketones is 1. The lowest BCUT2D eigenvalue weighted by Crippen LogP contribution is -2.59. The quantitative estimate of drug-likeness (QED) is 0.0992. The molecular weight excluding hydrogens is 787 g/mol. The molecule has 0 aliphatic carbocycles. The predicted octanol–water partition coefficient (Wildman–Crippen LogP) is 3.35. The summed E-state index contributed by atoms with van der Waals surface area (Å²) in [5, 5.41) is 14.8. The molecule has 3 heterocycles. The zero-order valence-electron chi connectivity index (χ0n) is 35.2. The Labute approximate surface area is 356 Å². The van der Waals surface area contributed by atoms with Crippen molar-refractivity contribution in [2.24, 2.45) is 11.8 Å². The minimum Gasteiger partial charge on any atom is -0.381 e. The van der Waals surface area contributed by atoms with Gasteiger partial charge in [0.1, 0.15) is 23.7 Å². The molecule has 2 saturated heterocycles. The van der Waals surface area contributed by atoms with Gasteiger partial charge in [-0.3, -0.25) is 24.0 Å². The maximum Gasteiger partial charge on any atom is 0.417 e. The lowest BCUT2D eigenvalue weighted by Gasteiger charge is -2.28. The number of nitrogens with zero attached hydrogens (tertiary/aromatic N) is 2. The summed E-state index contributed by atoms with van der Waals surface area (Å²) in [7, 11) is 0. The maximum absolute atomic E-state index is 14.2. The van der Waals surface area contributed by atoms with Crippen LogP contribution >= 0.6 is 11.3 Å². The number of epoxide rings is 1. The molecule has 5 amide bonds. The number of Topliss-reactive ketones (excluding diaryl/α,β-unsaturated/α-hetero) is 1. The Bertz CT molecular complexity index is 1910. The van der Waals surface area contributed by atoms with E-state index >= 15 is 0 Å². The molecule has 0 bridgehead atoms. The Balaban J connectivity index is 1.29. The van der Waals surface area contributed by atoms with E-state index in [1.54, 1.807) is 11.8 Å². The summed E-state index contributed by atoms with van der Waals surface area (Å²) in [6.07, 6.45) is 2.33. The molecule has 0 saturated carbocycles. The van der Waals surface area contributed by atoms with E-state index in [1.807, 2.05) is 88.4 Å². The van der Waals surface area contributed by atoms with Gasteiger partial charge >= 0.3 is 6.09 Å². The molecule has 5 atom stereocenters. The predicted molar refractivity (Wildman–Crippen MR) is 227 cm³/mol. The van der Waals surface area contributed by atoms with Crippen LogP contribution in [0.4, 0.5) is 4.79 Å². The highest BCUT2D eigenvalue weighted by Crippen LogP contribution is 2.30. The Morgan fingerprint density at radius 1 is 0.783 bits per heavy atom. The molecule has 16 heteroatoms. The van der Waals surface area contributed by atoms with Crippen molar-refractivity contribution in [1.82, 2.24) is 36.5 Å². The van der Waals surface area contributed by atoms with Crippen LogP contribution in [-0.2, 0) is 48.0 Å². The van der Waals surface area contributed by atoms with Gasteiger partial charge in [0.2, 0.25) is 23.6 Å². The smallest absolute Gasteiger partial charge is 0.381 e. The second kappa shape index (κ2) is 21.9. The van der Waals surface area contributed by atoms with Gasteiger partial charge in [-0.1, -0.05) is 99.7 Å². The number of ether oxygens (including phenoxy) is 2. The van der Waals surface area contributed by atoms with Crippen LogP contribution in [0.1, 0.15) is 69.9 Å². The number of piperazine rings is 1. The zero-order valence-corrected chi connectivity index (χ0v) is 36.0. The van der Waals surface area contributed by atoms with Gasteiger partial charge in [-0.05, 0) is 55.6 Å². The third-order valence-corrected chi connectivity index (χ3v) is 11.2. The molecule has 0 spiro atoms. The molecule has 2 fully saturated rings. The average molecular weight is 846 g/mol. The number of rotatable bonds is 21. The standard InChI is InChI=1S/C44H59N7O8S/c1-28(2)22-34(38(53)44(5)27-58-44)48-41(56)36(24-31-14-10-7-11-15-31)50-40(55)35(23-29(3)4)49-39(54)33(17-16-30-12-8-6-9-13-30)47-37(52)25-32-26-46-42(60-32)59-43(57)51-20-18-45-19-21-51/h6-15,26,28-29,33-36,45H,16-25,27H2,1-5H3,(H,47,52)(H,48,56)(H,49,54)(H,50,55)/t33-,34-,35-,36-,44?/m0/s1. The molecule has 3 aromatic rings. The number of thiazole rings is 1. The van der Waals surface area contributed by atoms with Crippen LogP contribution in [0.3, 0.4) is 0 Å². The molecule has 5 rings (SSSR count). The van der Waals surface area contributed by atoms with Crippen molar-refractivity contribution >= 4 is 46.8 Å². The number of aromatic nitrogens is 1. The van der Waals surface area contributed by atoms with Crippen LogP contribution in [0.25, 0.3) is 0 Å². The highest BCUT2D eigenvalue weighted by atomic mass is 32.1. The lowest BCUT2D eigenvalue weighted by atomic mass is 9.93. The highest BCUT2D eigenvalue weighted by Gasteiger charge is 2.50. The fraction of sp³-hybridized carbons (Fsp3) is 0.523. The first kappa shape index (κ1) is 45.9. The Morgan fingerprint density at radius 2 is 1.33 bits per heavy atom. The summed E-state index contributed by atoms with van der Waals surface area (Å²) in [4.78, 5) is 88.1. The Hall–Kier alpha value is -5.19. The molecule has 0 radical (unpaired) electrons. The summed E-state index contributed by atoms with van der Waals surface area (Å²) in [6, 6.07) is 14.8. The van der Waals surface area contributed by atoms with Crippen LogP contribution in [0.2, 0.25) is 0 Å². The van der Waals surface area contributed by atoms with Gasteiger partial charge in [0.15, 0.2) is 5.78 Å². The van der Waals surface area contributed by atoms with E-state index in [-0.39, 0.29) is 55.1 Å². The minimum atomic E-state index is -1.07. The Morgan fingerprint density at radius 3 is 1.95 bits per heavy atom. The van der Waals surface area contributed by atoms with E-state index in [1.165, 1.54) is 6.20 Å². The van der Waals surface area contributed by atoms with Gasteiger partial charge < -0.3 is 41.0 Å². The lowest BCUT2D eigenvalue weighted by molar-refractivity contribution is -0.135. The van der Waals surface area contributed by atoms with Gasteiger partial charge in [-0.25, -0.2) is 9.78 Å². The molecule has 1 aromatic heterocycles. The van der Waals surface area contributed by atoms with E-state index in [0.29, 0.717) is 43.9 Å². The molecular formula is C44H59N7O8S. The monoisotopic (exact) mass is 845 g/mol. The number of benzene rings is 2. The number of carbonyl (C=O) groups excluding carboxylic acids is 6. The van der Waals surface area contributed by atoms with Crippen molar-refractivity contribution in [3.8, 4) is 5.19 Å². The van der Waals surface area contributed by atoms with Crippen molar-refractivity contribution < 1.29 is 38.2 Å². The van der Waals surface area contributed by atoms with Crippen LogP contribution < -0.4 is 31.3 Å². The van der Waals surface area contributed by atoms with Crippen molar-refractivity contribution in [3.63, 3.8) is 0 Å². The third-order valence-electron chi connectivity index (χ3n) is 10.3. The first-order valence-electron chi connectivity index (χ1n) is 20.8. The molecule has 60 heavy (non-hydrogen) atoms. The number of hydrogen-bond acceptors (Lipinski definition) is 11. The maximum atomic E-state index is 14.2. The van der Waals surface area contributed by atoms with Crippen LogP contribution in [0.5, 0.6) is 5.19 Å². The first-order valence-corrected chi connectivity index (χ1v) is 21.6. The van der Waals surface area contributed by atoms with Gasteiger partial charge in [0.25, 0.3) is 5.19 Å². The molecule has 2 aliphatic rings. The van der Waals surface area contributed by atoms with Crippen molar-refractivity contribution in [2.75, 3.05) is 32.8 Å². The fourth-order valence-corrected chi connectivity index (χ4v) is 7.69. The molecule has 1 unspecified atom stereocenters. The second-order valence-electron chi connectivity index (χ2n) is 16.5. The zero-order chi connectivity index (χ0) is 43.2. The number of aryl methyl sites for hydroxylation is 1. The van der Waals surface area contributed by atoms with Gasteiger partial charge in [-0.15, -0.1) is 0 Å². The van der Waals surface area contributed by atoms with Crippen molar-refractivity contribution in [1.29, 1.82) is 0 Å². The van der Waals surface area contributed by atoms with E-state index in [2.05, 4.69) is 31.6 Å². The van der Waals surface area contributed by atoms with E-state index < -0.39 is 59.5 Å². The molecule has 5 N–H and O–H groups in total. The molecule has 15 nitrogen and oxygen atoms in total. The summed E-state index contributed by atoms with van der Waals surface area (Å²) >= 11 is 1.07. The summed E-state index contributed by atoms with van der Waals surface area (Å²) < 4.78 is 10.9. The second-order valence-corrected chi connectivity index (χ2v) is 17.6. The Kier molecular flexibility index (Phi) is 16.7. The van der Waals surface area contributed by atoms with Crippen molar-refractivity contribution in [3.05, 3.63) is 82.9 Å². The normalized spacial score (nSPS) is 18.1. The van der Waals surface area contributed by atoms with Crippen LogP contribution in [-0.4, -0.2) is 108 Å². The fourth-order valence-electron chi connectivity index (χ4n) is 6.93. The van der Waals surface area contributed by atoms with Crippen LogP contribution in [0, 0.1) is 11.8 Å². The third kappa shape index (κ3) is 14.2. The molecule has 324 valence electrons. The largest absolute Gasteiger partial charge is 0.417 e. The van der Waals surface area contributed by atoms with Crippen molar-refractivity contribution in [2.45, 2.75) is 103 Å². The van der Waals surface area contributed by atoms with E-state index in [9.17, 15) is 28.8 Å². The van der Waals surface area contributed by atoms with Gasteiger partial charge in [0.05, 0.1) is 19.1 Å². The first-order chi connectivity index (χ1) is 28.7. The average Bonchev–Trinajstić information content (AvgIpc) is 3.84. The number of hydrogen-bond donors (Lipinski definition) is 5. The van der Waals surface area contributed by atoms with E-state index in [4.69, 9.17) is 9.47 Å². The van der Waals surface area contributed by atoms with Gasteiger partial charge in [0, 0.05) is 43.7 Å². The number of carbonyl (C=O) groups is 6. The SMILES string of the molecule is CC(C)C[C@H](NC(=O)[C@H](CCc1ccccc1)NC(=O)Cc1cnc(OC(=O)N2CCNCC2)s1)C(=O)N[C@@H](Cc1ccccc1)C(=O)N[C@@H](CC(C)C)C(=O)C1(C)CO1. The van der Waals surface area contributed by atoms with Gasteiger partial charge in [-0.2, -0.15) is 0 Å². The topological polar surface area (TPSA) is 200 Å². The van der Waals surface area contributed by atoms with Crippen LogP contribution in [0.15, 0.2) is 66.9 Å².